The summed E-state index contributed by atoms with van der Waals surface area (Å²) in [6, 6.07) is 5.10. The fourth-order valence-electron chi connectivity index (χ4n) is 1.26. The molecule has 0 fully saturated rings. The average molecular weight is 182 g/mol. The number of aliphatic hydroxyl groups is 1. The summed E-state index contributed by atoms with van der Waals surface area (Å²) < 4.78 is 13.5. The smallest absolute Gasteiger partial charge is 0.131 e. The minimum Gasteiger partial charge on any atom is -0.388 e. The Labute approximate surface area is 78.2 Å². The van der Waals surface area contributed by atoms with Gasteiger partial charge in [-0.1, -0.05) is 32.0 Å². The maximum atomic E-state index is 13.5. The van der Waals surface area contributed by atoms with Gasteiger partial charge < -0.3 is 5.11 Å². The first kappa shape index (κ1) is 10.2. The summed E-state index contributed by atoms with van der Waals surface area (Å²) in [6.45, 7) is 5.44. The number of hydrogen-bond donors (Lipinski definition) is 1. The molecule has 0 aliphatic rings. The Kier molecular flexibility index (Phi) is 3.04. The first-order valence-electron chi connectivity index (χ1n) is 4.47. The molecule has 13 heavy (non-hydrogen) atoms. The van der Waals surface area contributed by atoms with Crippen LogP contribution < -0.4 is 0 Å². The zero-order chi connectivity index (χ0) is 10.0. The van der Waals surface area contributed by atoms with Gasteiger partial charge in [0.25, 0.3) is 0 Å². The average Bonchev–Trinajstić information content (AvgIpc) is 2.08. The van der Waals surface area contributed by atoms with Gasteiger partial charge in [-0.2, -0.15) is 0 Å². The van der Waals surface area contributed by atoms with Gasteiger partial charge in [0.05, 0.1) is 6.10 Å². The van der Waals surface area contributed by atoms with E-state index in [-0.39, 0.29) is 11.7 Å². The summed E-state index contributed by atoms with van der Waals surface area (Å²) >= 11 is 0. The number of benzene rings is 1. The van der Waals surface area contributed by atoms with Gasteiger partial charge in [-0.05, 0) is 18.4 Å². The van der Waals surface area contributed by atoms with Crippen LogP contribution in [0.3, 0.4) is 0 Å². The molecule has 1 aromatic rings. The Morgan fingerprint density at radius 2 is 1.92 bits per heavy atom. The third-order valence-corrected chi connectivity index (χ3v) is 2.17. The van der Waals surface area contributed by atoms with Crippen LogP contribution in [0.25, 0.3) is 0 Å². The van der Waals surface area contributed by atoms with E-state index in [9.17, 15) is 9.50 Å². The fraction of sp³-hybridized carbons (Fsp3) is 0.455. The monoisotopic (exact) mass is 182 g/mol. The second-order valence-corrected chi connectivity index (χ2v) is 3.67. The lowest BCUT2D eigenvalue weighted by Crippen LogP contribution is -2.08. The molecule has 0 aliphatic carbocycles. The maximum Gasteiger partial charge on any atom is 0.131 e. The predicted octanol–water partition coefficient (Wildman–Crippen LogP) is 2.82. The summed E-state index contributed by atoms with van der Waals surface area (Å²) in [4.78, 5) is 0. The topological polar surface area (TPSA) is 20.2 Å². The zero-order valence-corrected chi connectivity index (χ0v) is 8.21. The van der Waals surface area contributed by atoms with Gasteiger partial charge in [0, 0.05) is 5.56 Å². The standard InChI is InChI=1S/C11H15FO/c1-7(2)11(13)9-6-4-5-8(3)10(9)12/h4-7,11,13H,1-3H3. The molecule has 0 heterocycles. The molecule has 72 valence electrons. The van der Waals surface area contributed by atoms with Crippen LogP contribution in [0.1, 0.15) is 31.1 Å². The second-order valence-electron chi connectivity index (χ2n) is 3.67. The van der Waals surface area contributed by atoms with Gasteiger partial charge in [0.15, 0.2) is 0 Å². The first-order valence-corrected chi connectivity index (χ1v) is 4.47. The second kappa shape index (κ2) is 3.88. The molecule has 1 N–H and O–H groups in total. The van der Waals surface area contributed by atoms with Gasteiger partial charge >= 0.3 is 0 Å². The van der Waals surface area contributed by atoms with E-state index in [2.05, 4.69) is 0 Å². The van der Waals surface area contributed by atoms with E-state index in [0.29, 0.717) is 11.1 Å². The molecule has 1 nitrogen and oxygen atoms in total. The van der Waals surface area contributed by atoms with E-state index in [1.165, 1.54) is 0 Å². The van der Waals surface area contributed by atoms with Crippen molar-refractivity contribution in [1.29, 1.82) is 0 Å². The molecular formula is C11H15FO. The largest absolute Gasteiger partial charge is 0.388 e. The van der Waals surface area contributed by atoms with Gasteiger partial charge in [-0.25, -0.2) is 4.39 Å². The van der Waals surface area contributed by atoms with Crippen LogP contribution in [0.4, 0.5) is 4.39 Å². The molecular weight excluding hydrogens is 167 g/mol. The van der Waals surface area contributed by atoms with Crippen molar-refractivity contribution >= 4 is 0 Å². The van der Waals surface area contributed by atoms with Crippen LogP contribution in [0.2, 0.25) is 0 Å². The molecule has 1 aromatic carbocycles. The van der Waals surface area contributed by atoms with E-state index in [1.807, 2.05) is 13.8 Å². The zero-order valence-electron chi connectivity index (χ0n) is 8.21. The number of halogens is 1. The summed E-state index contributed by atoms with van der Waals surface area (Å²) in [5.41, 5.74) is 0.979. The molecule has 0 spiro atoms. The summed E-state index contributed by atoms with van der Waals surface area (Å²) in [7, 11) is 0. The highest BCUT2D eigenvalue weighted by Gasteiger charge is 2.16. The molecule has 0 aliphatic heterocycles. The molecule has 0 amide bonds. The molecule has 0 aromatic heterocycles. The fourth-order valence-corrected chi connectivity index (χ4v) is 1.26. The van der Waals surface area contributed by atoms with Crippen molar-refractivity contribution < 1.29 is 9.50 Å². The van der Waals surface area contributed by atoms with Crippen LogP contribution in [-0.4, -0.2) is 5.11 Å². The third-order valence-electron chi connectivity index (χ3n) is 2.17. The Hall–Kier alpha value is -0.890. The highest BCUT2D eigenvalue weighted by molar-refractivity contribution is 5.26. The molecule has 0 bridgehead atoms. The van der Waals surface area contributed by atoms with E-state index in [1.54, 1.807) is 25.1 Å². The van der Waals surface area contributed by atoms with Crippen molar-refractivity contribution in [3.8, 4) is 0 Å². The van der Waals surface area contributed by atoms with Crippen molar-refractivity contribution in [3.05, 3.63) is 35.1 Å². The summed E-state index contributed by atoms with van der Waals surface area (Å²) in [6.07, 6.45) is -0.708. The highest BCUT2D eigenvalue weighted by Crippen LogP contribution is 2.25. The molecule has 1 unspecified atom stereocenters. The Morgan fingerprint density at radius 1 is 1.31 bits per heavy atom. The minimum atomic E-state index is -0.708. The van der Waals surface area contributed by atoms with Crippen LogP contribution in [-0.2, 0) is 0 Å². The molecule has 1 atom stereocenters. The lowest BCUT2D eigenvalue weighted by molar-refractivity contribution is 0.122. The lowest BCUT2D eigenvalue weighted by atomic mass is 9.97. The van der Waals surface area contributed by atoms with Gasteiger partial charge in [0.1, 0.15) is 5.82 Å². The van der Waals surface area contributed by atoms with E-state index in [0.717, 1.165) is 0 Å². The Bertz CT molecular complexity index is 294. The number of aliphatic hydroxyl groups excluding tert-OH is 1. The van der Waals surface area contributed by atoms with E-state index < -0.39 is 6.10 Å². The highest BCUT2D eigenvalue weighted by atomic mass is 19.1. The molecule has 0 radical (unpaired) electrons. The molecule has 0 saturated carbocycles. The molecule has 2 heteroatoms. The predicted molar refractivity (Wildman–Crippen MR) is 50.9 cm³/mol. The molecule has 0 saturated heterocycles. The van der Waals surface area contributed by atoms with Crippen molar-refractivity contribution in [3.63, 3.8) is 0 Å². The van der Waals surface area contributed by atoms with Crippen LogP contribution in [0.15, 0.2) is 18.2 Å². The summed E-state index contributed by atoms with van der Waals surface area (Å²) in [5.74, 6) is -0.250. The summed E-state index contributed by atoms with van der Waals surface area (Å²) in [5, 5.41) is 9.66. The van der Waals surface area contributed by atoms with Crippen molar-refractivity contribution in [1.82, 2.24) is 0 Å². The Morgan fingerprint density at radius 3 is 2.46 bits per heavy atom. The first-order chi connectivity index (χ1) is 6.04. The van der Waals surface area contributed by atoms with Crippen LogP contribution in [0, 0.1) is 18.7 Å². The van der Waals surface area contributed by atoms with E-state index >= 15 is 0 Å². The minimum absolute atomic E-state index is 0.0382. The van der Waals surface area contributed by atoms with Crippen LogP contribution in [0.5, 0.6) is 0 Å². The van der Waals surface area contributed by atoms with Crippen LogP contribution >= 0.6 is 0 Å². The number of hydrogen-bond acceptors (Lipinski definition) is 1. The van der Waals surface area contributed by atoms with Crippen molar-refractivity contribution in [2.45, 2.75) is 26.9 Å². The third kappa shape index (κ3) is 2.07. The van der Waals surface area contributed by atoms with Gasteiger partial charge in [-0.15, -0.1) is 0 Å². The molecule has 1 rings (SSSR count). The van der Waals surface area contributed by atoms with E-state index in [4.69, 9.17) is 0 Å². The lowest BCUT2D eigenvalue weighted by Gasteiger charge is -2.16. The number of rotatable bonds is 2. The van der Waals surface area contributed by atoms with Crippen molar-refractivity contribution in [2.75, 3.05) is 0 Å². The SMILES string of the molecule is Cc1cccc(C(O)C(C)C)c1F. The number of aryl methyl sites for hydroxylation is 1. The van der Waals surface area contributed by atoms with Gasteiger partial charge in [-0.3, -0.25) is 0 Å². The normalized spacial score (nSPS) is 13.4. The maximum absolute atomic E-state index is 13.5. The van der Waals surface area contributed by atoms with Gasteiger partial charge in [0.2, 0.25) is 0 Å². The van der Waals surface area contributed by atoms with Crippen molar-refractivity contribution in [2.24, 2.45) is 5.92 Å². The Balaban J connectivity index is 3.07. The quantitative estimate of drug-likeness (QED) is 0.745.